The molecule has 2 heterocycles. The summed E-state index contributed by atoms with van der Waals surface area (Å²) in [6.45, 7) is 3.81. The molecule has 0 spiro atoms. The molecule has 2 unspecified atom stereocenters. The predicted octanol–water partition coefficient (Wildman–Crippen LogP) is 5.04. The van der Waals surface area contributed by atoms with E-state index in [-0.39, 0.29) is 13.2 Å². The number of anilines is 1. The molecule has 1 aliphatic heterocycles. The summed E-state index contributed by atoms with van der Waals surface area (Å²) in [6, 6.07) is 20.0. The summed E-state index contributed by atoms with van der Waals surface area (Å²) in [6.07, 6.45) is 0.0351. The van der Waals surface area contributed by atoms with Gasteiger partial charge in [0, 0.05) is 18.2 Å². The highest BCUT2D eigenvalue weighted by Crippen LogP contribution is 2.34. The Kier molecular flexibility index (Phi) is 7.20. The summed E-state index contributed by atoms with van der Waals surface area (Å²) in [4.78, 5) is 18.1. The lowest BCUT2D eigenvalue weighted by Gasteiger charge is -2.31. The number of halogens is 1. The summed E-state index contributed by atoms with van der Waals surface area (Å²) in [5, 5.41) is 15.0. The Bertz CT molecular complexity index is 1410. The number of aromatic nitrogens is 2. The van der Waals surface area contributed by atoms with Gasteiger partial charge >= 0.3 is 0 Å². The molecule has 0 saturated carbocycles. The zero-order valence-corrected chi connectivity index (χ0v) is 20.6. The Labute approximate surface area is 218 Å². The number of hydrazine groups is 1. The van der Waals surface area contributed by atoms with Crippen molar-refractivity contribution in [2.45, 2.75) is 24.7 Å². The molecule has 5 rings (SSSR count). The summed E-state index contributed by atoms with van der Waals surface area (Å²) in [5.41, 5.74) is 6.21. The van der Waals surface area contributed by atoms with E-state index < -0.39 is 18.3 Å². The second-order valence-corrected chi connectivity index (χ2v) is 9.24. The standard InChI is InChI=1S/C27H26ClN5O4/c1-2-33(29)19-9-7-17(8-10-19)16-3-5-18(6-4-16)21-12-23-24(13-22(21)28)32-27(31-23)37-20-11-25(34)26(14-30-35)36-15-20/h2-10,12-13,20,25-26,34H,1,11,14-15,29H2,(H,31,32)/t20?,25?,26-/m1/s1. The molecule has 190 valence electrons. The van der Waals surface area contributed by atoms with Gasteiger partial charge < -0.3 is 19.6 Å². The number of hydrogen-bond acceptors (Lipinski definition) is 8. The number of hydrogen-bond donors (Lipinski definition) is 3. The van der Waals surface area contributed by atoms with Crippen LogP contribution in [-0.2, 0) is 4.74 Å². The van der Waals surface area contributed by atoms with E-state index in [0.29, 0.717) is 23.0 Å². The van der Waals surface area contributed by atoms with E-state index in [1.54, 1.807) is 6.20 Å². The van der Waals surface area contributed by atoms with Gasteiger partial charge in [0.25, 0.3) is 6.01 Å². The molecule has 0 radical (unpaired) electrons. The number of imidazole rings is 1. The highest BCUT2D eigenvalue weighted by atomic mass is 35.5. The van der Waals surface area contributed by atoms with Crippen molar-refractivity contribution in [1.82, 2.24) is 9.97 Å². The third kappa shape index (κ3) is 5.35. The fraction of sp³-hybridized carbons (Fsp3) is 0.222. The largest absolute Gasteiger partial charge is 0.459 e. The number of nitrogens with one attached hydrogen (secondary N) is 1. The number of H-pyrrole nitrogens is 1. The number of nitrogens with two attached hydrogens (primary N) is 1. The zero-order chi connectivity index (χ0) is 25.9. The van der Waals surface area contributed by atoms with Crippen LogP contribution in [0.3, 0.4) is 0 Å². The molecule has 3 aromatic carbocycles. The molecule has 37 heavy (non-hydrogen) atoms. The molecule has 9 nitrogen and oxygen atoms in total. The number of benzene rings is 3. The van der Waals surface area contributed by atoms with Crippen LogP contribution in [0.15, 0.2) is 78.6 Å². The zero-order valence-electron chi connectivity index (χ0n) is 19.9. The van der Waals surface area contributed by atoms with Gasteiger partial charge in [0.1, 0.15) is 18.8 Å². The van der Waals surface area contributed by atoms with Crippen LogP contribution in [0.25, 0.3) is 33.3 Å². The van der Waals surface area contributed by atoms with Crippen LogP contribution in [-0.4, -0.2) is 46.5 Å². The lowest BCUT2D eigenvalue weighted by Crippen LogP contribution is -2.44. The van der Waals surface area contributed by atoms with E-state index in [9.17, 15) is 10.0 Å². The summed E-state index contributed by atoms with van der Waals surface area (Å²) >= 11 is 6.62. The topological polar surface area (TPSA) is 126 Å². The molecule has 1 saturated heterocycles. The Morgan fingerprint density at radius 2 is 1.86 bits per heavy atom. The summed E-state index contributed by atoms with van der Waals surface area (Å²) < 4.78 is 11.4. The number of ether oxygens (including phenoxy) is 2. The minimum atomic E-state index is -0.828. The third-order valence-electron chi connectivity index (χ3n) is 6.40. The molecule has 1 fully saturated rings. The molecule has 4 aromatic rings. The Hall–Kier alpha value is -3.76. The Morgan fingerprint density at radius 1 is 1.19 bits per heavy atom. The quantitative estimate of drug-likeness (QED) is 0.169. The van der Waals surface area contributed by atoms with Gasteiger partial charge in [0.05, 0.1) is 34.5 Å². The van der Waals surface area contributed by atoms with Crippen LogP contribution >= 0.6 is 11.6 Å². The maximum atomic E-state index is 10.5. The lowest BCUT2D eigenvalue weighted by molar-refractivity contribution is -0.112. The molecule has 10 heteroatoms. The van der Waals surface area contributed by atoms with E-state index in [1.165, 1.54) is 5.01 Å². The highest BCUT2D eigenvalue weighted by molar-refractivity contribution is 6.34. The molecule has 0 amide bonds. The number of aliphatic hydroxyl groups is 1. The molecular formula is C27H26ClN5O4. The van der Waals surface area contributed by atoms with Crippen LogP contribution < -0.4 is 15.6 Å². The van der Waals surface area contributed by atoms with E-state index in [4.69, 9.17) is 26.9 Å². The van der Waals surface area contributed by atoms with Gasteiger partial charge in [-0.05, 0) is 41.0 Å². The predicted molar refractivity (Wildman–Crippen MR) is 144 cm³/mol. The minimum absolute atomic E-state index is 0.0875. The van der Waals surface area contributed by atoms with Crippen molar-refractivity contribution in [1.29, 1.82) is 0 Å². The van der Waals surface area contributed by atoms with Gasteiger partial charge in [-0.2, -0.15) is 9.89 Å². The number of nitrogens with zero attached hydrogens (tertiary/aromatic N) is 3. The molecular weight excluding hydrogens is 494 g/mol. The van der Waals surface area contributed by atoms with E-state index in [2.05, 4.69) is 21.7 Å². The summed E-state index contributed by atoms with van der Waals surface area (Å²) in [5.74, 6) is 5.85. The minimum Gasteiger partial charge on any atom is -0.459 e. The third-order valence-corrected chi connectivity index (χ3v) is 6.72. The number of fused-ring (bicyclic) bond motifs is 1. The number of rotatable bonds is 8. The van der Waals surface area contributed by atoms with Gasteiger partial charge in [0.2, 0.25) is 0 Å². The van der Waals surface area contributed by atoms with Gasteiger partial charge in [-0.15, -0.1) is 0 Å². The van der Waals surface area contributed by atoms with Crippen molar-refractivity contribution >= 4 is 28.3 Å². The average Bonchev–Trinajstić information content (AvgIpc) is 3.30. The van der Waals surface area contributed by atoms with Gasteiger partial charge in [0.15, 0.2) is 0 Å². The van der Waals surface area contributed by atoms with Crippen molar-refractivity contribution in [3.05, 3.63) is 83.4 Å². The lowest BCUT2D eigenvalue weighted by atomic mass is 10.00. The molecule has 4 N–H and O–H groups in total. The number of aliphatic hydroxyl groups excluding tert-OH is 1. The normalized spacial score (nSPS) is 19.5. The van der Waals surface area contributed by atoms with Crippen LogP contribution in [0, 0.1) is 4.91 Å². The monoisotopic (exact) mass is 519 g/mol. The summed E-state index contributed by atoms with van der Waals surface area (Å²) in [7, 11) is 0. The van der Waals surface area contributed by atoms with Crippen molar-refractivity contribution in [2.75, 3.05) is 18.2 Å². The first-order valence-corrected chi connectivity index (χ1v) is 12.1. The second kappa shape index (κ2) is 10.7. The first-order chi connectivity index (χ1) is 17.9. The van der Waals surface area contributed by atoms with Gasteiger partial charge in [-0.1, -0.05) is 59.8 Å². The molecule has 0 bridgehead atoms. The molecule has 1 aromatic heterocycles. The fourth-order valence-corrected chi connectivity index (χ4v) is 4.65. The Morgan fingerprint density at radius 3 is 2.51 bits per heavy atom. The van der Waals surface area contributed by atoms with Crippen molar-refractivity contribution in [2.24, 2.45) is 11.0 Å². The van der Waals surface area contributed by atoms with Crippen LogP contribution in [0.4, 0.5) is 5.69 Å². The van der Waals surface area contributed by atoms with Gasteiger partial charge in [-0.25, -0.2) is 5.84 Å². The van der Waals surface area contributed by atoms with Gasteiger partial charge in [-0.3, -0.25) is 5.01 Å². The SMILES string of the molecule is C=CN(N)c1ccc(-c2ccc(-c3cc4nc(OC5CO[C@H](CN=O)C(O)C5)[nH]c4cc3Cl)cc2)cc1. The average molecular weight is 520 g/mol. The van der Waals surface area contributed by atoms with E-state index in [1.807, 2.05) is 60.7 Å². The molecule has 0 aliphatic carbocycles. The molecule has 1 aliphatic rings. The van der Waals surface area contributed by atoms with Crippen LogP contribution in [0.5, 0.6) is 6.01 Å². The highest BCUT2D eigenvalue weighted by Gasteiger charge is 2.32. The Balaban J connectivity index is 1.32. The van der Waals surface area contributed by atoms with Crippen molar-refractivity contribution in [3.63, 3.8) is 0 Å². The molecule has 3 atom stereocenters. The van der Waals surface area contributed by atoms with Crippen molar-refractivity contribution < 1.29 is 14.6 Å². The van der Waals surface area contributed by atoms with E-state index in [0.717, 1.165) is 33.5 Å². The van der Waals surface area contributed by atoms with E-state index >= 15 is 0 Å². The first-order valence-electron chi connectivity index (χ1n) is 11.8. The fourth-order valence-electron chi connectivity index (χ4n) is 4.38. The maximum Gasteiger partial charge on any atom is 0.294 e. The maximum absolute atomic E-state index is 10.5. The number of nitroso groups, excluding NO2 is 1. The smallest absolute Gasteiger partial charge is 0.294 e. The second-order valence-electron chi connectivity index (χ2n) is 8.83. The van der Waals surface area contributed by atoms with Crippen molar-refractivity contribution in [3.8, 4) is 28.3 Å². The number of aromatic amines is 1. The van der Waals surface area contributed by atoms with Crippen LogP contribution in [0.1, 0.15) is 6.42 Å². The first kappa shape index (κ1) is 24.9. The van der Waals surface area contributed by atoms with Crippen LogP contribution in [0.2, 0.25) is 5.02 Å².